The Labute approximate surface area is 212 Å². The van der Waals surface area contributed by atoms with E-state index in [-0.39, 0.29) is 43.8 Å². The van der Waals surface area contributed by atoms with E-state index >= 15 is 0 Å². The molecule has 0 N–H and O–H groups in total. The molecule has 2 atom stereocenters. The van der Waals surface area contributed by atoms with Crippen molar-refractivity contribution in [3.8, 4) is 0 Å². The van der Waals surface area contributed by atoms with Crippen molar-refractivity contribution in [1.82, 2.24) is 4.90 Å². The molecule has 1 aromatic rings. The number of amides is 1. The van der Waals surface area contributed by atoms with Crippen molar-refractivity contribution in [2.75, 3.05) is 26.3 Å². The summed E-state index contributed by atoms with van der Waals surface area (Å²) in [6.45, 7) is 8.47. The Bertz CT molecular complexity index is 770. The predicted molar refractivity (Wildman–Crippen MR) is 112 cm³/mol. The summed E-state index contributed by atoms with van der Waals surface area (Å²) in [6, 6.07) is 5.27. The van der Waals surface area contributed by atoms with E-state index in [1.807, 2.05) is 26.8 Å². The van der Waals surface area contributed by atoms with Crippen LogP contribution in [-0.4, -0.2) is 48.9 Å². The number of esters is 1. The third-order valence-electron chi connectivity index (χ3n) is 4.17. The summed E-state index contributed by atoms with van der Waals surface area (Å²) < 4.78 is 16.5. The van der Waals surface area contributed by atoms with E-state index in [4.69, 9.17) is 37.4 Å². The number of hydrogen-bond donors (Lipinski definition) is 0. The standard InChI is InChI=1S/C21H27Cl2NO5.ClH.Li/c1-5-27-18(25)9-7-15-13-24(20(26)29-21(2,3)4)10-11-28-19(15)14-6-8-16(22)17(23)12-14;;/h6-9,12,15,19H,5,10-11,13H2,1-4H3;1H;/q;;+1/p-1/b9-7+;;/t15-,19+;;/m1../s1. The summed E-state index contributed by atoms with van der Waals surface area (Å²) in [5.41, 5.74) is 0.202. The third-order valence-corrected chi connectivity index (χ3v) is 4.91. The average molecular weight is 487 g/mol. The van der Waals surface area contributed by atoms with Crippen molar-refractivity contribution in [2.45, 2.75) is 39.4 Å². The zero-order valence-corrected chi connectivity index (χ0v) is 20.8. The van der Waals surface area contributed by atoms with E-state index in [1.54, 1.807) is 30.0 Å². The van der Waals surface area contributed by atoms with Gasteiger partial charge in [-0.15, -0.1) is 0 Å². The van der Waals surface area contributed by atoms with Crippen molar-refractivity contribution >= 4 is 35.3 Å². The summed E-state index contributed by atoms with van der Waals surface area (Å²) in [7, 11) is 0. The Hall–Kier alpha value is -0.873. The summed E-state index contributed by atoms with van der Waals surface area (Å²) in [6.07, 6.45) is 2.22. The Morgan fingerprint density at radius 1 is 1.26 bits per heavy atom. The fourth-order valence-corrected chi connectivity index (χ4v) is 3.24. The van der Waals surface area contributed by atoms with E-state index in [0.717, 1.165) is 5.56 Å². The van der Waals surface area contributed by atoms with Gasteiger partial charge < -0.3 is 31.5 Å². The molecule has 168 valence electrons. The molecule has 0 saturated carbocycles. The molecule has 1 amide bonds. The van der Waals surface area contributed by atoms with Crippen LogP contribution in [0.2, 0.25) is 10.0 Å². The van der Waals surface area contributed by atoms with E-state index in [9.17, 15) is 9.59 Å². The van der Waals surface area contributed by atoms with Gasteiger partial charge in [-0.05, 0) is 45.4 Å². The number of carbonyl (C=O) groups excluding carboxylic acids is 2. The normalized spacial score (nSPS) is 19.1. The number of halogens is 3. The second-order valence-corrected chi connectivity index (χ2v) is 8.48. The van der Waals surface area contributed by atoms with Gasteiger partial charge in [-0.25, -0.2) is 9.59 Å². The number of ether oxygens (including phenoxy) is 3. The minimum Gasteiger partial charge on any atom is -1.00 e. The molecule has 1 aliphatic rings. The van der Waals surface area contributed by atoms with E-state index in [0.29, 0.717) is 29.7 Å². The molecule has 0 unspecified atom stereocenters. The first-order valence-electron chi connectivity index (χ1n) is 9.50. The van der Waals surface area contributed by atoms with Crippen LogP contribution in [0.3, 0.4) is 0 Å². The zero-order chi connectivity index (χ0) is 21.6. The van der Waals surface area contributed by atoms with Gasteiger partial charge in [-0.3, -0.25) is 0 Å². The van der Waals surface area contributed by atoms with Crippen LogP contribution in [0.15, 0.2) is 30.4 Å². The third kappa shape index (κ3) is 9.65. The molecule has 6 nitrogen and oxygen atoms in total. The molecule has 10 heteroatoms. The number of nitrogens with zero attached hydrogens (tertiary/aromatic N) is 1. The van der Waals surface area contributed by atoms with Gasteiger partial charge in [-0.2, -0.15) is 0 Å². The Morgan fingerprint density at radius 3 is 2.52 bits per heavy atom. The fourth-order valence-electron chi connectivity index (χ4n) is 2.93. The summed E-state index contributed by atoms with van der Waals surface area (Å²) in [5, 5.41) is 0.854. The fraction of sp³-hybridized carbons (Fsp3) is 0.524. The van der Waals surface area contributed by atoms with Crippen LogP contribution in [0, 0.1) is 5.92 Å². The van der Waals surface area contributed by atoms with Crippen molar-refractivity contribution in [3.05, 3.63) is 46.0 Å². The average Bonchev–Trinajstić information content (AvgIpc) is 2.84. The largest absolute Gasteiger partial charge is 1.00 e. The van der Waals surface area contributed by atoms with Gasteiger partial charge in [0.1, 0.15) is 5.60 Å². The van der Waals surface area contributed by atoms with Gasteiger partial charge in [-0.1, -0.05) is 35.3 Å². The van der Waals surface area contributed by atoms with Crippen LogP contribution in [0.5, 0.6) is 0 Å². The Morgan fingerprint density at radius 2 is 1.94 bits per heavy atom. The first kappa shape index (κ1) is 30.1. The molecular formula is C21H27Cl3LiNO5. The van der Waals surface area contributed by atoms with Gasteiger partial charge in [0.2, 0.25) is 0 Å². The van der Waals surface area contributed by atoms with Gasteiger partial charge in [0.15, 0.2) is 0 Å². The van der Waals surface area contributed by atoms with Gasteiger partial charge >= 0.3 is 30.9 Å². The summed E-state index contributed by atoms with van der Waals surface area (Å²) in [4.78, 5) is 26.0. The topological polar surface area (TPSA) is 65.1 Å². The second-order valence-electron chi connectivity index (χ2n) is 7.67. The van der Waals surface area contributed by atoms with Crippen LogP contribution in [0.4, 0.5) is 4.79 Å². The molecule has 2 rings (SSSR count). The van der Waals surface area contributed by atoms with E-state index in [2.05, 4.69) is 0 Å². The van der Waals surface area contributed by atoms with Gasteiger partial charge in [0, 0.05) is 25.1 Å². The maximum atomic E-state index is 12.6. The SMILES string of the molecule is CCOC(=O)/C=C/[C@@H]1CN(C(=O)OC(C)(C)C)CCO[C@H]1c1ccc(Cl)c(Cl)c1.[Cl-].[Li+]. The number of benzene rings is 1. The van der Waals surface area contributed by atoms with E-state index in [1.165, 1.54) is 6.08 Å². The Balaban J connectivity index is 0.00000450. The van der Waals surface area contributed by atoms with Crippen molar-refractivity contribution in [3.63, 3.8) is 0 Å². The smallest absolute Gasteiger partial charge is 1.00 e. The maximum absolute atomic E-state index is 12.6. The molecule has 1 aromatic carbocycles. The van der Waals surface area contributed by atoms with Crippen LogP contribution in [0.25, 0.3) is 0 Å². The van der Waals surface area contributed by atoms with Crippen molar-refractivity contribution in [2.24, 2.45) is 5.92 Å². The summed E-state index contributed by atoms with van der Waals surface area (Å²) in [5.74, 6) is -0.764. The van der Waals surface area contributed by atoms with Gasteiger partial charge in [0.25, 0.3) is 0 Å². The monoisotopic (exact) mass is 485 g/mol. The summed E-state index contributed by atoms with van der Waals surface area (Å²) >= 11 is 12.2. The molecule has 1 fully saturated rings. The van der Waals surface area contributed by atoms with Crippen LogP contribution in [0.1, 0.15) is 39.4 Å². The molecule has 1 saturated heterocycles. The minimum atomic E-state index is -0.608. The molecule has 31 heavy (non-hydrogen) atoms. The number of carbonyl (C=O) groups is 2. The van der Waals surface area contributed by atoms with Crippen molar-refractivity contribution in [1.29, 1.82) is 0 Å². The van der Waals surface area contributed by atoms with Crippen LogP contribution in [-0.2, 0) is 19.0 Å². The quantitative estimate of drug-likeness (QED) is 0.312. The molecular weight excluding hydrogens is 460 g/mol. The molecule has 0 spiro atoms. The number of hydrogen-bond acceptors (Lipinski definition) is 5. The predicted octanol–water partition coefficient (Wildman–Crippen LogP) is -0.955. The minimum absolute atomic E-state index is 0. The van der Waals surface area contributed by atoms with Gasteiger partial charge in [0.05, 0.1) is 29.4 Å². The van der Waals surface area contributed by atoms with E-state index < -0.39 is 23.8 Å². The molecule has 0 bridgehead atoms. The van der Waals surface area contributed by atoms with Crippen LogP contribution >= 0.6 is 23.2 Å². The molecule has 1 heterocycles. The van der Waals surface area contributed by atoms with Crippen molar-refractivity contribution < 1.29 is 55.1 Å². The maximum Gasteiger partial charge on any atom is 1.00 e. The molecule has 0 aromatic heterocycles. The first-order chi connectivity index (χ1) is 13.6. The number of rotatable bonds is 4. The molecule has 1 aliphatic heterocycles. The molecule has 0 aliphatic carbocycles. The second kappa shape index (κ2) is 13.6. The first-order valence-corrected chi connectivity index (χ1v) is 10.3. The molecule has 0 radical (unpaired) electrons. The zero-order valence-electron chi connectivity index (χ0n) is 18.5. The Kier molecular flexibility index (Phi) is 13.2. The van der Waals surface area contributed by atoms with Crippen LogP contribution < -0.4 is 31.3 Å².